The Hall–Kier alpha value is -0.450. The van der Waals surface area contributed by atoms with Crippen molar-refractivity contribution in [3.8, 4) is 0 Å². The lowest BCUT2D eigenvalue weighted by Crippen LogP contribution is -2.24. The van der Waals surface area contributed by atoms with Crippen LogP contribution in [-0.2, 0) is 13.6 Å². The molecule has 0 N–H and O–H groups in total. The van der Waals surface area contributed by atoms with Crippen LogP contribution in [0.5, 0.6) is 0 Å². The van der Waals surface area contributed by atoms with Crippen LogP contribution in [0.2, 0.25) is 0 Å². The fourth-order valence-electron chi connectivity index (χ4n) is 1.41. The minimum atomic E-state index is -3.44. The van der Waals surface area contributed by atoms with Gasteiger partial charge in [0.15, 0.2) is 0 Å². The second kappa shape index (κ2) is 7.09. The average Bonchev–Trinajstić information content (AvgIpc) is 2.10. The first-order chi connectivity index (χ1) is 7.71. The number of nitro groups is 1. The molecule has 0 radical (unpaired) electrons. The zero-order chi connectivity index (χ0) is 13.6. The predicted molar refractivity (Wildman–Crippen MR) is 66.0 cm³/mol. The van der Waals surface area contributed by atoms with Crippen LogP contribution in [0, 0.1) is 10.1 Å². The van der Waals surface area contributed by atoms with E-state index in [0.717, 1.165) is 0 Å². The van der Waals surface area contributed by atoms with Gasteiger partial charge in [0.2, 0.25) is 6.54 Å². The van der Waals surface area contributed by atoms with Crippen molar-refractivity contribution in [1.82, 2.24) is 0 Å². The maximum atomic E-state index is 12.6. The van der Waals surface area contributed by atoms with Crippen molar-refractivity contribution in [2.24, 2.45) is 0 Å². The zero-order valence-corrected chi connectivity index (χ0v) is 12.0. The molecule has 0 saturated carbocycles. The number of hydrogen-bond acceptors (Lipinski definition) is 5. The fourth-order valence-corrected chi connectivity index (χ4v) is 3.76. The van der Waals surface area contributed by atoms with E-state index in [1.807, 2.05) is 0 Å². The summed E-state index contributed by atoms with van der Waals surface area (Å²) in [7, 11) is -3.44. The van der Waals surface area contributed by atoms with E-state index >= 15 is 0 Å². The number of nitrogens with zero attached hydrogens (tertiary/aromatic N) is 1. The van der Waals surface area contributed by atoms with E-state index in [1.54, 1.807) is 34.6 Å². The summed E-state index contributed by atoms with van der Waals surface area (Å²) >= 11 is 0. The third-order valence-electron chi connectivity index (χ3n) is 1.99. The molecule has 1 unspecified atom stereocenters. The van der Waals surface area contributed by atoms with E-state index in [9.17, 15) is 14.7 Å². The summed E-state index contributed by atoms with van der Waals surface area (Å²) in [6.07, 6.45) is -0.196. The standard InChI is InChI=1S/C10H22NO5P/c1-6-10(7-11(12)13)17(14,15-8(2)3)16-9(4)5/h8-10H,6-7H2,1-5H3. The maximum absolute atomic E-state index is 12.6. The average molecular weight is 267 g/mol. The van der Waals surface area contributed by atoms with Crippen molar-refractivity contribution < 1.29 is 18.5 Å². The minimum absolute atomic E-state index is 0.291. The molecule has 17 heavy (non-hydrogen) atoms. The number of rotatable bonds is 8. The molecule has 0 aliphatic rings. The van der Waals surface area contributed by atoms with Gasteiger partial charge in [-0.25, -0.2) is 0 Å². The molecule has 0 rings (SSSR count). The van der Waals surface area contributed by atoms with E-state index < -0.39 is 24.7 Å². The summed E-state index contributed by atoms with van der Waals surface area (Å²) in [5.41, 5.74) is -0.692. The van der Waals surface area contributed by atoms with Gasteiger partial charge in [-0.05, 0) is 34.1 Å². The van der Waals surface area contributed by atoms with Gasteiger partial charge in [-0.1, -0.05) is 6.92 Å². The smallest absolute Gasteiger partial charge is 0.305 e. The summed E-state index contributed by atoms with van der Waals surface area (Å²) in [4.78, 5) is 10.1. The molecule has 7 heteroatoms. The summed E-state index contributed by atoms with van der Waals surface area (Å²) < 4.78 is 23.2. The second-order valence-corrected chi connectivity index (χ2v) is 6.66. The minimum Gasteiger partial charge on any atom is -0.305 e. The molecule has 0 fully saturated rings. The van der Waals surface area contributed by atoms with Crippen LogP contribution in [0.1, 0.15) is 41.0 Å². The Balaban J connectivity index is 4.97. The van der Waals surface area contributed by atoms with E-state index in [2.05, 4.69) is 0 Å². The molecular weight excluding hydrogens is 245 g/mol. The first kappa shape index (κ1) is 16.6. The highest BCUT2D eigenvalue weighted by Crippen LogP contribution is 2.56. The van der Waals surface area contributed by atoms with Gasteiger partial charge in [0, 0.05) is 4.92 Å². The first-order valence-corrected chi connectivity index (χ1v) is 7.40. The molecule has 0 aromatic heterocycles. The summed E-state index contributed by atoms with van der Waals surface area (Å²) in [5.74, 6) is 0. The van der Waals surface area contributed by atoms with Gasteiger partial charge in [0.05, 0.1) is 12.2 Å². The molecule has 0 aliphatic carbocycles. The quantitative estimate of drug-likeness (QED) is 0.383. The van der Waals surface area contributed by atoms with Crippen LogP contribution in [0.25, 0.3) is 0 Å². The van der Waals surface area contributed by atoms with Gasteiger partial charge in [-0.2, -0.15) is 0 Å². The first-order valence-electron chi connectivity index (χ1n) is 5.79. The van der Waals surface area contributed by atoms with Gasteiger partial charge in [-0.15, -0.1) is 0 Å². The van der Waals surface area contributed by atoms with Gasteiger partial charge in [0.1, 0.15) is 5.66 Å². The van der Waals surface area contributed by atoms with Crippen molar-refractivity contribution >= 4 is 7.60 Å². The third kappa shape index (κ3) is 6.15. The highest BCUT2D eigenvalue weighted by molar-refractivity contribution is 7.54. The Labute approximate surface area is 102 Å². The lowest BCUT2D eigenvalue weighted by atomic mass is 10.3. The van der Waals surface area contributed by atoms with E-state index in [-0.39, 0.29) is 12.2 Å². The normalized spacial score (nSPS) is 14.3. The summed E-state index contributed by atoms with van der Waals surface area (Å²) in [5, 5.41) is 10.6. The van der Waals surface area contributed by atoms with Gasteiger partial charge < -0.3 is 9.05 Å². The molecule has 6 nitrogen and oxygen atoms in total. The van der Waals surface area contributed by atoms with Crippen molar-refractivity contribution in [1.29, 1.82) is 0 Å². The molecule has 102 valence electrons. The Bertz CT molecular complexity index is 278. The third-order valence-corrected chi connectivity index (χ3v) is 4.85. The van der Waals surface area contributed by atoms with Gasteiger partial charge in [-0.3, -0.25) is 14.7 Å². The van der Waals surface area contributed by atoms with Crippen LogP contribution < -0.4 is 0 Å². The monoisotopic (exact) mass is 267 g/mol. The Morgan fingerprint density at radius 3 is 1.82 bits per heavy atom. The highest BCUT2D eigenvalue weighted by Gasteiger charge is 2.40. The van der Waals surface area contributed by atoms with Crippen molar-refractivity contribution in [3.63, 3.8) is 0 Å². The zero-order valence-electron chi connectivity index (χ0n) is 11.1. The lowest BCUT2D eigenvalue weighted by molar-refractivity contribution is -0.479. The van der Waals surface area contributed by atoms with Crippen LogP contribution in [0.3, 0.4) is 0 Å². The lowest BCUT2D eigenvalue weighted by Gasteiger charge is -2.27. The molecule has 1 atom stereocenters. The molecule has 0 aromatic carbocycles. The molecular formula is C10H22NO5P. The van der Waals surface area contributed by atoms with Crippen LogP contribution in [-0.4, -0.2) is 29.3 Å². The van der Waals surface area contributed by atoms with Crippen molar-refractivity contribution in [2.45, 2.75) is 58.9 Å². The highest BCUT2D eigenvalue weighted by atomic mass is 31.2. The van der Waals surface area contributed by atoms with Crippen LogP contribution in [0.4, 0.5) is 0 Å². The van der Waals surface area contributed by atoms with Crippen LogP contribution in [0.15, 0.2) is 0 Å². The van der Waals surface area contributed by atoms with Gasteiger partial charge >= 0.3 is 7.60 Å². The molecule has 0 bridgehead atoms. The molecule has 0 amide bonds. The number of hydrogen-bond donors (Lipinski definition) is 0. The van der Waals surface area contributed by atoms with E-state index in [4.69, 9.17) is 9.05 Å². The SMILES string of the molecule is CCC(C[N+](=O)[O-])P(=O)(OC(C)C)OC(C)C. The van der Waals surface area contributed by atoms with E-state index in [0.29, 0.717) is 6.42 Å². The Kier molecular flexibility index (Phi) is 6.90. The molecule has 0 heterocycles. The summed E-state index contributed by atoms with van der Waals surface area (Å²) in [6.45, 7) is 8.27. The van der Waals surface area contributed by atoms with Gasteiger partial charge in [0.25, 0.3) is 0 Å². The molecule has 0 aliphatic heterocycles. The van der Waals surface area contributed by atoms with Crippen molar-refractivity contribution in [3.05, 3.63) is 10.1 Å². The molecule has 0 spiro atoms. The summed E-state index contributed by atoms with van der Waals surface area (Å²) in [6, 6.07) is 0. The predicted octanol–water partition coefficient (Wildman–Crippen LogP) is 3.08. The second-order valence-electron chi connectivity index (χ2n) is 4.43. The Morgan fingerprint density at radius 2 is 1.59 bits per heavy atom. The molecule has 0 aromatic rings. The van der Waals surface area contributed by atoms with E-state index in [1.165, 1.54) is 0 Å². The van der Waals surface area contributed by atoms with Crippen LogP contribution >= 0.6 is 7.60 Å². The largest absolute Gasteiger partial charge is 0.340 e. The maximum Gasteiger partial charge on any atom is 0.340 e. The topological polar surface area (TPSA) is 78.7 Å². The molecule has 0 saturated heterocycles. The fraction of sp³-hybridized carbons (Fsp3) is 1.00. The Morgan fingerprint density at radius 1 is 1.18 bits per heavy atom. The van der Waals surface area contributed by atoms with Crippen molar-refractivity contribution in [2.75, 3.05) is 6.54 Å².